The maximum Gasteiger partial charge on any atom is 0.0547 e. The van der Waals surface area contributed by atoms with Gasteiger partial charge in [-0.25, -0.2) is 0 Å². The van der Waals surface area contributed by atoms with Crippen molar-refractivity contribution in [1.82, 2.24) is 0 Å². The van der Waals surface area contributed by atoms with Crippen LogP contribution in [-0.2, 0) is 0 Å². The van der Waals surface area contributed by atoms with E-state index in [1.807, 2.05) is 12.3 Å². The van der Waals surface area contributed by atoms with E-state index in [9.17, 15) is 0 Å². The Morgan fingerprint density at radius 3 is 2.24 bits per heavy atom. The van der Waals surface area contributed by atoms with Gasteiger partial charge in [-0.05, 0) is 41.8 Å². The molecule has 0 atom stereocenters. The second kappa shape index (κ2) is 5.85. The summed E-state index contributed by atoms with van der Waals surface area (Å²) in [5.41, 5.74) is 2.42. The third kappa shape index (κ3) is 2.82. The predicted octanol–water partition coefficient (Wildman–Crippen LogP) is 5.45. The highest BCUT2D eigenvalue weighted by molar-refractivity contribution is 7.99. The maximum absolute atomic E-state index is 6.25. The molecule has 88 valence electrons. The molecule has 0 heterocycles. The lowest BCUT2D eigenvalue weighted by molar-refractivity contribution is 1.41. The Kier molecular flexibility index (Phi) is 4.43. The van der Waals surface area contributed by atoms with Crippen LogP contribution in [0.4, 0.5) is 0 Å². The molecule has 0 saturated carbocycles. The second-order valence-corrected chi connectivity index (χ2v) is 5.65. The molecular weight excluding hydrogens is 268 g/mol. The summed E-state index contributed by atoms with van der Waals surface area (Å²) >= 11 is 9.68. The van der Waals surface area contributed by atoms with Crippen molar-refractivity contribution in [3.8, 4) is 11.1 Å². The molecule has 0 radical (unpaired) electrons. The van der Waals surface area contributed by atoms with Gasteiger partial charge < -0.3 is 0 Å². The van der Waals surface area contributed by atoms with E-state index < -0.39 is 0 Å². The fraction of sp³-hybridized carbons (Fsp3) is 0.143. The molecule has 0 fully saturated rings. The van der Waals surface area contributed by atoms with Gasteiger partial charge >= 0.3 is 0 Å². The summed E-state index contributed by atoms with van der Waals surface area (Å²) in [7, 11) is 0. The molecule has 0 spiro atoms. The number of rotatable bonds is 3. The molecule has 0 nitrogen and oxygen atoms in total. The molecule has 0 aliphatic rings. The van der Waals surface area contributed by atoms with Gasteiger partial charge in [0, 0.05) is 9.79 Å². The molecule has 17 heavy (non-hydrogen) atoms. The molecule has 2 aromatic carbocycles. The minimum atomic E-state index is 0.825. The molecule has 2 rings (SSSR count). The number of halogens is 1. The van der Waals surface area contributed by atoms with Gasteiger partial charge in [-0.3, -0.25) is 0 Å². The van der Waals surface area contributed by atoms with E-state index in [1.54, 1.807) is 23.5 Å². The van der Waals surface area contributed by atoms with Gasteiger partial charge in [-0.1, -0.05) is 35.9 Å². The van der Waals surface area contributed by atoms with Gasteiger partial charge in [0.1, 0.15) is 0 Å². The lowest BCUT2D eigenvalue weighted by Crippen LogP contribution is -1.83. The van der Waals surface area contributed by atoms with Crippen LogP contribution in [-0.4, -0.2) is 12.5 Å². The third-order valence-electron chi connectivity index (χ3n) is 2.57. The first-order valence-electron chi connectivity index (χ1n) is 5.23. The van der Waals surface area contributed by atoms with Crippen LogP contribution in [0.5, 0.6) is 0 Å². The van der Waals surface area contributed by atoms with Crippen molar-refractivity contribution in [3.05, 3.63) is 47.5 Å². The third-order valence-corrected chi connectivity index (χ3v) is 4.59. The number of benzene rings is 2. The van der Waals surface area contributed by atoms with Crippen LogP contribution in [0.2, 0.25) is 5.02 Å². The molecule has 0 aliphatic heterocycles. The molecule has 3 heteroatoms. The topological polar surface area (TPSA) is 0 Å². The van der Waals surface area contributed by atoms with Gasteiger partial charge in [0.2, 0.25) is 0 Å². The highest BCUT2D eigenvalue weighted by atomic mass is 35.5. The van der Waals surface area contributed by atoms with Gasteiger partial charge in [-0.15, -0.1) is 23.5 Å². The first-order chi connectivity index (χ1) is 8.26. The lowest BCUT2D eigenvalue weighted by atomic mass is 10.1. The van der Waals surface area contributed by atoms with Crippen LogP contribution in [0.25, 0.3) is 11.1 Å². The number of hydrogen-bond donors (Lipinski definition) is 0. The summed E-state index contributed by atoms with van der Waals surface area (Å²) in [6.07, 6.45) is 4.13. The van der Waals surface area contributed by atoms with Crippen molar-refractivity contribution in [2.45, 2.75) is 9.79 Å². The summed E-state index contributed by atoms with van der Waals surface area (Å²) in [4.78, 5) is 2.40. The SMILES string of the molecule is CSc1ccc(-c2ccccc2SC)cc1Cl. The molecule has 0 aromatic heterocycles. The van der Waals surface area contributed by atoms with Gasteiger partial charge in [0.25, 0.3) is 0 Å². The van der Waals surface area contributed by atoms with E-state index >= 15 is 0 Å². The maximum atomic E-state index is 6.25. The number of hydrogen-bond acceptors (Lipinski definition) is 2. The Labute approximate surface area is 116 Å². The summed E-state index contributed by atoms with van der Waals surface area (Å²) in [5.74, 6) is 0. The summed E-state index contributed by atoms with van der Waals surface area (Å²) in [5, 5.41) is 0.825. The fourth-order valence-electron chi connectivity index (χ4n) is 1.72. The van der Waals surface area contributed by atoms with Crippen molar-refractivity contribution in [3.63, 3.8) is 0 Å². The van der Waals surface area contributed by atoms with Crippen LogP contribution < -0.4 is 0 Å². The highest BCUT2D eigenvalue weighted by Gasteiger charge is 2.06. The molecule has 0 saturated heterocycles. The average molecular weight is 281 g/mol. The van der Waals surface area contributed by atoms with E-state index in [2.05, 4.69) is 42.7 Å². The molecule has 0 aliphatic carbocycles. The van der Waals surface area contributed by atoms with Crippen molar-refractivity contribution in [2.24, 2.45) is 0 Å². The van der Waals surface area contributed by atoms with Crippen molar-refractivity contribution in [1.29, 1.82) is 0 Å². The Morgan fingerprint density at radius 2 is 1.59 bits per heavy atom. The van der Waals surface area contributed by atoms with E-state index in [0.717, 1.165) is 9.92 Å². The molecular formula is C14H13ClS2. The molecule has 0 bridgehead atoms. The van der Waals surface area contributed by atoms with Gasteiger partial charge in [0.15, 0.2) is 0 Å². The van der Waals surface area contributed by atoms with Crippen molar-refractivity contribution >= 4 is 35.1 Å². The highest BCUT2D eigenvalue weighted by Crippen LogP contribution is 2.34. The van der Waals surface area contributed by atoms with E-state index in [1.165, 1.54) is 16.0 Å². The van der Waals surface area contributed by atoms with Crippen LogP contribution in [0, 0.1) is 0 Å². The normalized spacial score (nSPS) is 10.5. The summed E-state index contributed by atoms with van der Waals surface area (Å²) in [6, 6.07) is 14.7. The van der Waals surface area contributed by atoms with Crippen LogP contribution in [0.15, 0.2) is 52.3 Å². The quantitative estimate of drug-likeness (QED) is 0.686. The molecule has 0 amide bonds. The van der Waals surface area contributed by atoms with Crippen LogP contribution in [0.3, 0.4) is 0 Å². The summed E-state index contributed by atoms with van der Waals surface area (Å²) in [6.45, 7) is 0. The molecule has 0 N–H and O–H groups in total. The van der Waals surface area contributed by atoms with Crippen LogP contribution in [0.1, 0.15) is 0 Å². The molecule has 2 aromatic rings. The first-order valence-corrected chi connectivity index (χ1v) is 8.06. The van der Waals surface area contributed by atoms with E-state index in [-0.39, 0.29) is 0 Å². The smallest absolute Gasteiger partial charge is 0.0547 e. The summed E-state index contributed by atoms with van der Waals surface area (Å²) < 4.78 is 0. The lowest BCUT2D eigenvalue weighted by Gasteiger charge is -2.09. The minimum Gasteiger partial charge on any atom is -0.129 e. The standard InChI is InChI=1S/C14H13ClS2/c1-16-13-6-4-3-5-11(13)10-7-8-14(17-2)12(15)9-10/h3-9H,1-2H3. The van der Waals surface area contributed by atoms with E-state index in [0.29, 0.717) is 0 Å². The van der Waals surface area contributed by atoms with Crippen LogP contribution >= 0.6 is 35.1 Å². The zero-order valence-electron chi connectivity index (χ0n) is 9.74. The predicted molar refractivity (Wildman–Crippen MR) is 80.5 cm³/mol. The van der Waals surface area contributed by atoms with Gasteiger partial charge in [0.05, 0.1) is 5.02 Å². The zero-order valence-corrected chi connectivity index (χ0v) is 12.1. The Hall–Kier alpha value is -0.570. The Morgan fingerprint density at radius 1 is 0.882 bits per heavy atom. The second-order valence-electron chi connectivity index (χ2n) is 3.55. The van der Waals surface area contributed by atoms with Crippen molar-refractivity contribution < 1.29 is 0 Å². The first kappa shape index (κ1) is 12.9. The molecule has 0 unspecified atom stereocenters. The Bertz CT molecular complexity index is 523. The van der Waals surface area contributed by atoms with Gasteiger partial charge in [-0.2, -0.15) is 0 Å². The zero-order chi connectivity index (χ0) is 12.3. The fourth-order valence-corrected chi connectivity index (χ4v) is 3.21. The Balaban J connectivity index is 2.49. The minimum absolute atomic E-state index is 0.825. The largest absolute Gasteiger partial charge is 0.129 e. The average Bonchev–Trinajstić information content (AvgIpc) is 2.38. The number of thioether (sulfide) groups is 2. The van der Waals surface area contributed by atoms with Crippen molar-refractivity contribution in [2.75, 3.05) is 12.5 Å². The monoisotopic (exact) mass is 280 g/mol. The van der Waals surface area contributed by atoms with E-state index in [4.69, 9.17) is 11.6 Å².